The summed E-state index contributed by atoms with van der Waals surface area (Å²) in [5.41, 5.74) is 0.670. The van der Waals surface area contributed by atoms with E-state index in [1.165, 1.54) is 0 Å². The lowest BCUT2D eigenvalue weighted by Gasteiger charge is -2.15. The average Bonchev–Trinajstić information content (AvgIpc) is 3.03. The number of benzene rings is 1. The van der Waals surface area contributed by atoms with E-state index < -0.39 is 5.92 Å². The molecule has 5 nitrogen and oxygen atoms in total. The highest BCUT2D eigenvalue weighted by atomic mass is 16.2. The molecule has 0 saturated carbocycles. The zero-order valence-electron chi connectivity index (χ0n) is 11.9. The highest BCUT2D eigenvalue weighted by Crippen LogP contribution is 2.14. The zero-order chi connectivity index (χ0) is 15.1. The van der Waals surface area contributed by atoms with E-state index in [4.69, 9.17) is 5.26 Å². The third-order valence-electron chi connectivity index (χ3n) is 3.62. The maximum atomic E-state index is 12.0. The van der Waals surface area contributed by atoms with Crippen LogP contribution in [0.2, 0.25) is 0 Å². The van der Waals surface area contributed by atoms with Gasteiger partial charge in [0.2, 0.25) is 11.8 Å². The Morgan fingerprint density at radius 1 is 1.24 bits per heavy atom. The van der Waals surface area contributed by atoms with Crippen LogP contribution in [0.15, 0.2) is 30.3 Å². The van der Waals surface area contributed by atoms with Crippen LogP contribution in [-0.2, 0) is 9.59 Å². The van der Waals surface area contributed by atoms with E-state index in [1.54, 1.807) is 24.3 Å². The Hall–Kier alpha value is -2.35. The zero-order valence-corrected chi connectivity index (χ0v) is 11.9. The summed E-state index contributed by atoms with van der Waals surface area (Å²) in [4.78, 5) is 25.7. The van der Waals surface area contributed by atoms with Crippen molar-refractivity contribution in [3.05, 3.63) is 35.9 Å². The molecule has 1 N–H and O–H groups in total. The van der Waals surface area contributed by atoms with Gasteiger partial charge in [-0.05, 0) is 18.4 Å². The molecule has 21 heavy (non-hydrogen) atoms. The number of nitrogens with zero attached hydrogens (tertiary/aromatic N) is 2. The van der Waals surface area contributed by atoms with Gasteiger partial charge in [0, 0.05) is 26.1 Å². The van der Waals surface area contributed by atoms with Crippen molar-refractivity contribution >= 4 is 11.8 Å². The second kappa shape index (κ2) is 7.44. The smallest absolute Gasteiger partial charge is 0.241 e. The third-order valence-corrected chi connectivity index (χ3v) is 3.62. The fraction of sp³-hybridized carbons (Fsp3) is 0.438. The monoisotopic (exact) mass is 285 g/mol. The first kappa shape index (κ1) is 15.0. The lowest BCUT2D eigenvalue weighted by Crippen LogP contribution is -2.34. The molecule has 1 aromatic carbocycles. The Kier molecular flexibility index (Phi) is 5.33. The fourth-order valence-electron chi connectivity index (χ4n) is 2.45. The van der Waals surface area contributed by atoms with Crippen molar-refractivity contribution in [2.24, 2.45) is 0 Å². The Labute approximate surface area is 124 Å². The number of amides is 2. The summed E-state index contributed by atoms with van der Waals surface area (Å²) in [6.07, 6.45) is 2.41. The number of rotatable bonds is 5. The quantitative estimate of drug-likeness (QED) is 0.889. The minimum Gasteiger partial charge on any atom is -0.354 e. The molecule has 1 aliphatic rings. The number of carbonyl (C=O) groups is 2. The molecule has 1 fully saturated rings. The minimum absolute atomic E-state index is 0.0704. The summed E-state index contributed by atoms with van der Waals surface area (Å²) in [5, 5.41) is 11.8. The summed E-state index contributed by atoms with van der Waals surface area (Å²) in [6.45, 7) is 1.91. The summed E-state index contributed by atoms with van der Waals surface area (Å²) in [6, 6.07) is 10.9. The molecule has 1 atom stereocenters. The molecular formula is C16H19N3O2. The number of hydrogen-bond donors (Lipinski definition) is 1. The topological polar surface area (TPSA) is 73.2 Å². The second-order valence-corrected chi connectivity index (χ2v) is 5.10. The van der Waals surface area contributed by atoms with Crippen LogP contribution in [0, 0.1) is 11.3 Å². The van der Waals surface area contributed by atoms with E-state index in [0.29, 0.717) is 12.0 Å². The van der Waals surface area contributed by atoms with E-state index >= 15 is 0 Å². The standard InChI is InChI=1S/C16H19N3O2/c17-12-14(13-6-2-1-3-7-13)16(21)18-9-8-15(20)19-10-4-5-11-19/h1-3,6-7,14H,4-5,8-11H2,(H,18,21). The van der Waals surface area contributed by atoms with Crippen LogP contribution in [-0.4, -0.2) is 36.3 Å². The van der Waals surface area contributed by atoms with E-state index in [1.807, 2.05) is 17.0 Å². The van der Waals surface area contributed by atoms with E-state index in [0.717, 1.165) is 25.9 Å². The molecule has 2 amide bonds. The summed E-state index contributed by atoms with van der Waals surface area (Å²) < 4.78 is 0. The van der Waals surface area contributed by atoms with Crippen LogP contribution in [0.1, 0.15) is 30.7 Å². The van der Waals surface area contributed by atoms with Gasteiger partial charge in [0.1, 0.15) is 5.92 Å². The van der Waals surface area contributed by atoms with Gasteiger partial charge in [-0.3, -0.25) is 9.59 Å². The summed E-state index contributed by atoms with van der Waals surface area (Å²) in [7, 11) is 0. The molecule has 0 radical (unpaired) electrons. The van der Waals surface area contributed by atoms with Crippen molar-refractivity contribution in [2.75, 3.05) is 19.6 Å². The molecule has 1 saturated heterocycles. The van der Waals surface area contributed by atoms with Gasteiger partial charge in [0.05, 0.1) is 6.07 Å². The minimum atomic E-state index is -0.826. The normalized spacial score (nSPS) is 15.3. The predicted octanol–water partition coefficient (Wildman–Crippen LogP) is 1.42. The molecule has 110 valence electrons. The molecule has 0 aliphatic carbocycles. The first-order chi connectivity index (χ1) is 10.2. The van der Waals surface area contributed by atoms with Gasteiger partial charge >= 0.3 is 0 Å². The van der Waals surface area contributed by atoms with Crippen molar-refractivity contribution in [1.29, 1.82) is 5.26 Å². The predicted molar refractivity (Wildman–Crippen MR) is 78.2 cm³/mol. The molecule has 2 rings (SSSR count). The van der Waals surface area contributed by atoms with Gasteiger partial charge in [-0.25, -0.2) is 0 Å². The molecule has 1 heterocycles. The molecule has 5 heteroatoms. The van der Waals surface area contributed by atoms with Gasteiger partial charge < -0.3 is 10.2 Å². The first-order valence-corrected chi connectivity index (χ1v) is 7.22. The van der Waals surface area contributed by atoms with Gasteiger partial charge in [-0.1, -0.05) is 30.3 Å². The fourth-order valence-corrected chi connectivity index (χ4v) is 2.45. The lowest BCUT2D eigenvalue weighted by molar-refractivity contribution is -0.130. The first-order valence-electron chi connectivity index (χ1n) is 7.22. The Balaban J connectivity index is 1.81. The largest absolute Gasteiger partial charge is 0.354 e. The molecule has 0 spiro atoms. The number of carbonyl (C=O) groups excluding carboxylic acids is 2. The van der Waals surface area contributed by atoms with Crippen molar-refractivity contribution in [3.8, 4) is 6.07 Å². The van der Waals surface area contributed by atoms with Crippen molar-refractivity contribution < 1.29 is 9.59 Å². The maximum Gasteiger partial charge on any atom is 0.241 e. The van der Waals surface area contributed by atoms with Gasteiger partial charge in [0.25, 0.3) is 0 Å². The van der Waals surface area contributed by atoms with Crippen LogP contribution in [0.5, 0.6) is 0 Å². The average molecular weight is 285 g/mol. The van der Waals surface area contributed by atoms with E-state index in [9.17, 15) is 9.59 Å². The van der Waals surface area contributed by atoms with Gasteiger partial charge in [-0.2, -0.15) is 5.26 Å². The van der Waals surface area contributed by atoms with E-state index in [2.05, 4.69) is 5.32 Å². The Morgan fingerprint density at radius 3 is 2.52 bits per heavy atom. The van der Waals surface area contributed by atoms with E-state index in [-0.39, 0.29) is 18.4 Å². The molecule has 1 unspecified atom stereocenters. The van der Waals surface area contributed by atoms with Crippen LogP contribution in [0.25, 0.3) is 0 Å². The summed E-state index contributed by atoms with van der Waals surface area (Å²) in [5.74, 6) is -1.10. The number of nitriles is 1. The molecule has 1 aromatic rings. The van der Waals surface area contributed by atoms with Crippen LogP contribution in [0.4, 0.5) is 0 Å². The SMILES string of the molecule is N#CC(C(=O)NCCC(=O)N1CCCC1)c1ccccc1. The second-order valence-electron chi connectivity index (χ2n) is 5.10. The Bertz CT molecular complexity index is 530. The maximum absolute atomic E-state index is 12.0. The molecule has 0 bridgehead atoms. The van der Waals surface area contributed by atoms with Crippen molar-refractivity contribution in [1.82, 2.24) is 10.2 Å². The van der Waals surface area contributed by atoms with Gasteiger partial charge in [0.15, 0.2) is 0 Å². The lowest BCUT2D eigenvalue weighted by atomic mass is 10.00. The number of hydrogen-bond acceptors (Lipinski definition) is 3. The van der Waals surface area contributed by atoms with Crippen molar-refractivity contribution in [2.45, 2.75) is 25.2 Å². The van der Waals surface area contributed by atoms with Crippen LogP contribution < -0.4 is 5.32 Å². The van der Waals surface area contributed by atoms with Gasteiger partial charge in [-0.15, -0.1) is 0 Å². The van der Waals surface area contributed by atoms with Crippen LogP contribution in [0.3, 0.4) is 0 Å². The van der Waals surface area contributed by atoms with Crippen LogP contribution >= 0.6 is 0 Å². The summed E-state index contributed by atoms with van der Waals surface area (Å²) >= 11 is 0. The molecular weight excluding hydrogens is 266 g/mol. The Morgan fingerprint density at radius 2 is 1.90 bits per heavy atom. The highest BCUT2D eigenvalue weighted by molar-refractivity contribution is 5.87. The molecule has 0 aromatic heterocycles. The molecule has 1 aliphatic heterocycles. The number of nitrogens with one attached hydrogen (secondary N) is 1. The highest BCUT2D eigenvalue weighted by Gasteiger charge is 2.21. The van der Waals surface area contributed by atoms with Crippen molar-refractivity contribution in [3.63, 3.8) is 0 Å². The number of likely N-dealkylation sites (tertiary alicyclic amines) is 1. The third kappa shape index (κ3) is 4.06.